The number of ether oxygens (including phenoxy) is 1. The molecule has 0 fully saturated rings. The van der Waals surface area contributed by atoms with E-state index in [1.807, 2.05) is 30.3 Å². The first kappa shape index (κ1) is 21.8. The number of carbonyl (C=O) groups is 1. The Morgan fingerprint density at radius 1 is 0.938 bits per heavy atom. The molecule has 0 spiro atoms. The molecule has 8 heteroatoms. The van der Waals surface area contributed by atoms with E-state index in [4.69, 9.17) is 16.3 Å². The van der Waals surface area contributed by atoms with E-state index in [2.05, 4.69) is 10.2 Å². The van der Waals surface area contributed by atoms with E-state index in [1.165, 1.54) is 12.1 Å². The van der Waals surface area contributed by atoms with E-state index in [-0.39, 0.29) is 17.2 Å². The van der Waals surface area contributed by atoms with Crippen molar-refractivity contribution in [2.75, 3.05) is 6.26 Å². The Hall–Kier alpha value is -3.42. The highest BCUT2D eigenvalue weighted by atomic mass is 35.5. The zero-order chi connectivity index (χ0) is 22.7. The van der Waals surface area contributed by atoms with Gasteiger partial charge in [-0.25, -0.2) is 13.2 Å². The number of hydrogen-bond acceptors (Lipinski definition) is 5. The summed E-state index contributed by atoms with van der Waals surface area (Å²) < 4.78 is 29.1. The fraction of sp³-hybridized carbons (Fsp3) is 0.0833. The third-order valence-electron chi connectivity index (χ3n) is 4.87. The van der Waals surface area contributed by atoms with Gasteiger partial charge in [0.2, 0.25) is 0 Å². The van der Waals surface area contributed by atoms with Crippen LogP contribution in [0.4, 0.5) is 0 Å². The maximum absolute atomic E-state index is 12.9. The van der Waals surface area contributed by atoms with Gasteiger partial charge in [-0.2, -0.15) is 5.10 Å². The van der Waals surface area contributed by atoms with E-state index in [9.17, 15) is 13.2 Å². The summed E-state index contributed by atoms with van der Waals surface area (Å²) in [4.78, 5) is 13.1. The van der Waals surface area contributed by atoms with Gasteiger partial charge in [0, 0.05) is 22.4 Å². The van der Waals surface area contributed by atoms with Gasteiger partial charge in [-0.05, 0) is 35.4 Å². The Morgan fingerprint density at radius 2 is 1.56 bits per heavy atom. The van der Waals surface area contributed by atoms with Crippen LogP contribution in [0, 0.1) is 0 Å². The molecule has 4 aromatic rings. The second kappa shape index (κ2) is 8.98. The first-order valence-corrected chi connectivity index (χ1v) is 12.0. The summed E-state index contributed by atoms with van der Waals surface area (Å²) >= 11 is 6.04. The summed E-state index contributed by atoms with van der Waals surface area (Å²) in [5.74, 6) is -0.551. The molecule has 1 aromatic heterocycles. The number of aromatic nitrogens is 2. The fourth-order valence-electron chi connectivity index (χ4n) is 3.25. The minimum absolute atomic E-state index is 0.122. The average Bonchev–Trinajstić information content (AvgIpc) is 3.23. The fourth-order valence-corrected chi connectivity index (χ4v) is 4.01. The van der Waals surface area contributed by atoms with Gasteiger partial charge in [0.1, 0.15) is 12.3 Å². The SMILES string of the molecule is CS(=O)(=O)c1ccc(-c2n[nH]c(C(=O)OCc3ccccc3)c2-c2ccc(Cl)cc2)cc1. The summed E-state index contributed by atoms with van der Waals surface area (Å²) in [5.41, 5.74) is 3.49. The molecule has 4 rings (SSSR count). The molecule has 3 aromatic carbocycles. The second-order valence-corrected chi connectivity index (χ2v) is 9.64. The van der Waals surface area contributed by atoms with Gasteiger partial charge in [0.25, 0.3) is 0 Å². The summed E-state index contributed by atoms with van der Waals surface area (Å²) in [6, 6.07) is 22.7. The predicted octanol–water partition coefficient (Wildman–Crippen LogP) is 5.16. The van der Waals surface area contributed by atoms with Gasteiger partial charge >= 0.3 is 5.97 Å². The highest BCUT2D eigenvalue weighted by Crippen LogP contribution is 2.34. The Morgan fingerprint density at radius 3 is 2.19 bits per heavy atom. The third-order valence-corrected chi connectivity index (χ3v) is 6.25. The monoisotopic (exact) mass is 466 g/mol. The number of benzene rings is 3. The minimum atomic E-state index is -3.33. The van der Waals surface area contributed by atoms with Gasteiger partial charge in [-0.1, -0.05) is 66.2 Å². The van der Waals surface area contributed by atoms with Gasteiger partial charge in [0.15, 0.2) is 15.5 Å². The van der Waals surface area contributed by atoms with Crippen molar-refractivity contribution in [2.24, 2.45) is 0 Å². The van der Waals surface area contributed by atoms with Crippen LogP contribution < -0.4 is 0 Å². The molecule has 32 heavy (non-hydrogen) atoms. The molecule has 0 aliphatic rings. The first-order chi connectivity index (χ1) is 15.3. The summed E-state index contributed by atoms with van der Waals surface area (Å²) in [6.45, 7) is 0.122. The molecular weight excluding hydrogens is 448 g/mol. The van der Waals surface area contributed by atoms with Crippen LogP contribution in [0.3, 0.4) is 0 Å². The lowest BCUT2D eigenvalue weighted by Gasteiger charge is -2.08. The van der Waals surface area contributed by atoms with E-state index in [0.717, 1.165) is 17.4 Å². The second-order valence-electron chi connectivity index (χ2n) is 7.19. The molecule has 0 unspecified atom stereocenters. The van der Waals surface area contributed by atoms with Crippen molar-refractivity contribution in [1.29, 1.82) is 0 Å². The summed E-state index contributed by atoms with van der Waals surface area (Å²) in [6.07, 6.45) is 1.15. The van der Waals surface area contributed by atoms with Crippen LogP contribution in [-0.2, 0) is 21.2 Å². The molecule has 0 aliphatic heterocycles. The van der Waals surface area contributed by atoms with Gasteiger partial charge in [-0.3, -0.25) is 5.10 Å². The van der Waals surface area contributed by atoms with Crippen molar-refractivity contribution < 1.29 is 17.9 Å². The van der Waals surface area contributed by atoms with Crippen molar-refractivity contribution in [1.82, 2.24) is 10.2 Å². The number of hydrogen-bond donors (Lipinski definition) is 1. The average molecular weight is 467 g/mol. The lowest BCUT2D eigenvalue weighted by molar-refractivity contribution is 0.0466. The molecule has 0 saturated carbocycles. The van der Waals surface area contributed by atoms with Crippen molar-refractivity contribution >= 4 is 27.4 Å². The number of aromatic amines is 1. The standard InChI is InChI=1S/C24H19ClN2O4S/c1-32(29,30)20-13-9-18(10-14-20)22-21(17-7-11-19(25)12-8-17)23(27-26-22)24(28)31-15-16-5-3-2-4-6-16/h2-14H,15H2,1H3,(H,26,27). The zero-order valence-corrected chi connectivity index (χ0v) is 18.7. The largest absolute Gasteiger partial charge is 0.456 e. The van der Waals surface area contributed by atoms with Crippen LogP contribution in [0.1, 0.15) is 16.1 Å². The number of sulfone groups is 1. The predicted molar refractivity (Wildman–Crippen MR) is 123 cm³/mol. The lowest BCUT2D eigenvalue weighted by atomic mass is 9.99. The van der Waals surface area contributed by atoms with Crippen molar-refractivity contribution in [3.05, 3.63) is 95.1 Å². The van der Waals surface area contributed by atoms with Crippen molar-refractivity contribution in [3.63, 3.8) is 0 Å². The molecule has 162 valence electrons. The van der Waals surface area contributed by atoms with Crippen LogP contribution >= 0.6 is 11.6 Å². The Kier molecular flexibility index (Phi) is 6.12. The Balaban J connectivity index is 1.73. The summed E-state index contributed by atoms with van der Waals surface area (Å²) in [5, 5.41) is 7.70. The molecule has 0 amide bonds. The maximum Gasteiger partial charge on any atom is 0.357 e. The normalized spacial score (nSPS) is 11.3. The number of esters is 1. The highest BCUT2D eigenvalue weighted by Gasteiger charge is 2.23. The Bertz CT molecular complexity index is 1350. The van der Waals surface area contributed by atoms with Crippen LogP contribution in [0.2, 0.25) is 5.02 Å². The van der Waals surface area contributed by atoms with Crippen LogP contribution in [0.25, 0.3) is 22.4 Å². The molecular formula is C24H19ClN2O4S. The number of carbonyl (C=O) groups excluding carboxylic acids is 1. The number of rotatable bonds is 6. The maximum atomic E-state index is 12.9. The molecule has 1 N–H and O–H groups in total. The van der Waals surface area contributed by atoms with Crippen molar-refractivity contribution in [3.8, 4) is 22.4 Å². The van der Waals surface area contributed by atoms with Crippen molar-refractivity contribution in [2.45, 2.75) is 11.5 Å². The summed E-state index contributed by atoms with van der Waals surface area (Å²) in [7, 11) is -3.33. The van der Waals surface area contributed by atoms with Crippen LogP contribution in [-0.4, -0.2) is 30.8 Å². The van der Waals surface area contributed by atoms with Gasteiger partial charge in [0.05, 0.1) is 4.90 Å². The van der Waals surface area contributed by atoms with E-state index >= 15 is 0 Å². The van der Waals surface area contributed by atoms with E-state index < -0.39 is 15.8 Å². The van der Waals surface area contributed by atoms with Gasteiger partial charge in [-0.15, -0.1) is 0 Å². The number of nitrogens with zero attached hydrogens (tertiary/aromatic N) is 1. The molecule has 0 bridgehead atoms. The van der Waals surface area contributed by atoms with Gasteiger partial charge < -0.3 is 4.74 Å². The molecule has 0 saturated heterocycles. The number of nitrogens with one attached hydrogen (secondary N) is 1. The molecule has 0 atom stereocenters. The molecule has 0 radical (unpaired) electrons. The molecule has 1 heterocycles. The lowest BCUT2D eigenvalue weighted by Crippen LogP contribution is -2.07. The van der Waals surface area contributed by atoms with E-state index in [1.54, 1.807) is 36.4 Å². The minimum Gasteiger partial charge on any atom is -0.456 e. The third kappa shape index (κ3) is 4.74. The Labute approximate surface area is 190 Å². The van der Waals surface area contributed by atoms with E-state index in [0.29, 0.717) is 21.8 Å². The highest BCUT2D eigenvalue weighted by molar-refractivity contribution is 7.90. The molecule has 6 nitrogen and oxygen atoms in total. The quantitative estimate of drug-likeness (QED) is 0.396. The molecule has 0 aliphatic carbocycles. The topological polar surface area (TPSA) is 89.1 Å². The number of halogens is 1. The van der Waals surface area contributed by atoms with Crippen LogP contribution in [0.5, 0.6) is 0 Å². The first-order valence-electron chi connectivity index (χ1n) is 9.69. The number of H-pyrrole nitrogens is 1. The smallest absolute Gasteiger partial charge is 0.357 e. The van der Waals surface area contributed by atoms with Crippen LogP contribution in [0.15, 0.2) is 83.8 Å². The zero-order valence-electron chi connectivity index (χ0n) is 17.1.